The summed E-state index contributed by atoms with van der Waals surface area (Å²) < 4.78 is 0. The summed E-state index contributed by atoms with van der Waals surface area (Å²) in [5.74, 6) is 0. The number of hydrogen-bond donors (Lipinski definition) is 2. The maximum Gasteiger partial charge on any atom is 0.0608 e. The van der Waals surface area contributed by atoms with Crippen molar-refractivity contribution in [1.29, 1.82) is 0 Å². The summed E-state index contributed by atoms with van der Waals surface area (Å²) in [6.45, 7) is 2.99. The van der Waals surface area contributed by atoms with E-state index in [9.17, 15) is 0 Å². The van der Waals surface area contributed by atoms with Crippen molar-refractivity contribution in [3.8, 4) is 0 Å². The lowest BCUT2D eigenvalue weighted by Gasteiger charge is -2.33. The Kier molecular flexibility index (Phi) is 5.03. The lowest BCUT2D eigenvalue weighted by molar-refractivity contribution is 0.150. The van der Waals surface area contributed by atoms with Crippen LogP contribution in [0.4, 0.5) is 0 Å². The summed E-state index contributed by atoms with van der Waals surface area (Å²) in [6, 6.07) is 0.744. The highest BCUT2D eigenvalue weighted by molar-refractivity contribution is 4.80. The minimum atomic E-state index is -0.414. The minimum Gasteiger partial charge on any atom is -0.394 e. The monoisotopic (exact) mass is 214 g/mol. The molecule has 1 rings (SSSR count). The predicted octanol–water partition coefficient (Wildman–Crippen LogP) is 1.35. The van der Waals surface area contributed by atoms with Gasteiger partial charge in [-0.3, -0.25) is 0 Å². The molecule has 0 saturated heterocycles. The number of nitrogens with zero attached hydrogens (tertiary/aromatic N) is 1. The molecule has 3 nitrogen and oxygen atoms in total. The van der Waals surface area contributed by atoms with Gasteiger partial charge in [0.2, 0.25) is 0 Å². The lowest BCUT2D eigenvalue weighted by atomic mass is 9.93. The van der Waals surface area contributed by atoms with Crippen LogP contribution in [-0.4, -0.2) is 41.8 Å². The Hall–Kier alpha value is -0.120. The highest BCUT2D eigenvalue weighted by Crippen LogP contribution is 2.22. The van der Waals surface area contributed by atoms with Crippen molar-refractivity contribution >= 4 is 0 Å². The second-order valence-corrected chi connectivity index (χ2v) is 5.33. The molecule has 1 aliphatic rings. The van der Waals surface area contributed by atoms with E-state index in [1.54, 1.807) is 0 Å². The van der Waals surface area contributed by atoms with Crippen molar-refractivity contribution in [1.82, 2.24) is 4.90 Å². The van der Waals surface area contributed by atoms with E-state index in [-0.39, 0.29) is 6.61 Å². The number of hydrogen-bond acceptors (Lipinski definition) is 3. The van der Waals surface area contributed by atoms with Crippen LogP contribution in [0.3, 0.4) is 0 Å². The molecule has 0 aromatic heterocycles. The summed E-state index contributed by atoms with van der Waals surface area (Å²) in [7, 11) is 2.18. The Bertz CT molecular complexity index is 176. The van der Waals surface area contributed by atoms with Crippen LogP contribution in [0.1, 0.15) is 45.4 Å². The fourth-order valence-electron chi connectivity index (χ4n) is 2.22. The molecule has 1 saturated carbocycles. The van der Waals surface area contributed by atoms with E-state index < -0.39 is 5.54 Å². The van der Waals surface area contributed by atoms with Gasteiger partial charge in [0.15, 0.2) is 0 Å². The van der Waals surface area contributed by atoms with Crippen LogP contribution in [0.25, 0.3) is 0 Å². The SMILES string of the molecule is CN(CCC(C)(N)CO)C1CCCCC1. The van der Waals surface area contributed by atoms with Gasteiger partial charge in [-0.05, 0) is 39.8 Å². The maximum absolute atomic E-state index is 9.07. The topological polar surface area (TPSA) is 49.5 Å². The van der Waals surface area contributed by atoms with Crippen LogP contribution in [0.2, 0.25) is 0 Å². The maximum atomic E-state index is 9.07. The smallest absolute Gasteiger partial charge is 0.0608 e. The molecule has 0 heterocycles. The van der Waals surface area contributed by atoms with Gasteiger partial charge in [-0.2, -0.15) is 0 Å². The van der Waals surface area contributed by atoms with E-state index in [1.165, 1.54) is 32.1 Å². The second-order valence-electron chi connectivity index (χ2n) is 5.33. The molecule has 1 unspecified atom stereocenters. The third-order valence-electron chi connectivity index (χ3n) is 3.59. The molecule has 1 aliphatic carbocycles. The Balaban J connectivity index is 2.25. The predicted molar refractivity (Wildman–Crippen MR) is 63.8 cm³/mol. The Morgan fingerprint density at radius 1 is 1.33 bits per heavy atom. The summed E-state index contributed by atoms with van der Waals surface area (Å²) in [6.07, 6.45) is 7.67. The number of nitrogens with two attached hydrogens (primary N) is 1. The molecular weight excluding hydrogens is 188 g/mol. The number of aliphatic hydroxyl groups excluding tert-OH is 1. The molecule has 0 aromatic rings. The molecule has 0 aliphatic heterocycles. The van der Waals surface area contributed by atoms with Crippen LogP contribution >= 0.6 is 0 Å². The van der Waals surface area contributed by atoms with Crippen LogP contribution in [-0.2, 0) is 0 Å². The molecule has 3 heteroatoms. The van der Waals surface area contributed by atoms with Gasteiger partial charge in [0.1, 0.15) is 0 Å². The fourth-order valence-corrected chi connectivity index (χ4v) is 2.22. The summed E-state index contributed by atoms with van der Waals surface area (Å²) in [4.78, 5) is 2.42. The van der Waals surface area contributed by atoms with E-state index in [0.29, 0.717) is 0 Å². The van der Waals surface area contributed by atoms with Gasteiger partial charge in [-0.1, -0.05) is 19.3 Å². The zero-order valence-electron chi connectivity index (χ0n) is 10.2. The molecule has 15 heavy (non-hydrogen) atoms. The molecule has 0 spiro atoms. The van der Waals surface area contributed by atoms with E-state index in [0.717, 1.165) is 19.0 Å². The van der Waals surface area contributed by atoms with Crippen molar-refractivity contribution in [3.63, 3.8) is 0 Å². The zero-order chi connectivity index (χ0) is 11.3. The van der Waals surface area contributed by atoms with Crippen molar-refractivity contribution in [2.45, 2.75) is 57.0 Å². The molecule has 0 aromatic carbocycles. The van der Waals surface area contributed by atoms with Gasteiger partial charge in [0, 0.05) is 11.6 Å². The van der Waals surface area contributed by atoms with Crippen LogP contribution in [0.15, 0.2) is 0 Å². The Morgan fingerprint density at radius 2 is 1.93 bits per heavy atom. The standard InChI is InChI=1S/C12H26N2O/c1-12(13,10-15)8-9-14(2)11-6-4-3-5-7-11/h11,15H,3-10,13H2,1-2H3. The van der Waals surface area contributed by atoms with E-state index in [1.807, 2.05) is 6.92 Å². The quantitative estimate of drug-likeness (QED) is 0.726. The molecule has 90 valence electrons. The molecular formula is C12H26N2O. The van der Waals surface area contributed by atoms with Gasteiger partial charge in [-0.15, -0.1) is 0 Å². The van der Waals surface area contributed by atoms with Crippen molar-refractivity contribution in [2.75, 3.05) is 20.2 Å². The zero-order valence-corrected chi connectivity index (χ0v) is 10.2. The molecule has 1 fully saturated rings. The minimum absolute atomic E-state index is 0.0749. The molecule has 1 atom stereocenters. The summed E-state index contributed by atoms with van der Waals surface area (Å²) >= 11 is 0. The molecule has 3 N–H and O–H groups in total. The average Bonchev–Trinajstić information content (AvgIpc) is 2.27. The fraction of sp³-hybridized carbons (Fsp3) is 1.00. The first kappa shape index (κ1) is 12.9. The van der Waals surface area contributed by atoms with Crippen LogP contribution in [0, 0.1) is 0 Å². The molecule has 0 amide bonds. The van der Waals surface area contributed by atoms with Gasteiger partial charge in [-0.25, -0.2) is 0 Å². The number of aliphatic hydroxyl groups is 1. The van der Waals surface area contributed by atoms with Gasteiger partial charge in [0.05, 0.1) is 6.61 Å². The third kappa shape index (κ3) is 4.49. The van der Waals surface area contributed by atoms with Gasteiger partial charge < -0.3 is 15.7 Å². The van der Waals surface area contributed by atoms with Crippen LogP contribution < -0.4 is 5.73 Å². The Morgan fingerprint density at radius 3 is 2.47 bits per heavy atom. The first-order valence-corrected chi connectivity index (χ1v) is 6.15. The first-order chi connectivity index (χ1) is 7.05. The molecule has 0 radical (unpaired) electrons. The number of rotatable bonds is 5. The summed E-state index contributed by atoms with van der Waals surface area (Å²) in [5.41, 5.74) is 5.50. The van der Waals surface area contributed by atoms with E-state index in [4.69, 9.17) is 10.8 Å². The highest BCUT2D eigenvalue weighted by atomic mass is 16.3. The Labute approximate surface area is 93.6 Å². The highest BCUT2D eigenvalue weighted by Gasteiger charge is 2.21. The van der Waals surface area contributed by atoms with Crippen molar-refractivity contribution < 1.29 is 5.11 Å². The van der Waals surface area contributed by atoms with E-state index >= 15 is 0 Å². The van der Waals surface area contributed by atoms with Crippen molar-refractivity contribution in [3.05, 3.63) is 0 Å². The average molecular weight is 214 g/mol. The lowest BCUT2D eigenvalue weighted by Crippen LogP contribution is -2.44. The first-order valence-electron chi connectivity index (χ1n) is 6.15. The van der Waals surface area contributed by atoms with Crippen LogP contribution in [0.5, 0.6) is 0 Å². The van der Waals surface area contributed by atoms with Crippen molar-refractivity contribution in [2.24, 2.45) is 5.73 Å². The van der Waals surface area contributed by atoms with Gasteiger partial charge in [0.25, 0.3) is 0 Å². The van der Waals surface area contributed by atoms with E-state index in [2.05, 4.69) is 11.9 Å². The normalized spacial score (nSPS) is 23.0. The summed E-state index contributed by atoms with van der Waals surface area (Å²) in [5, 5.41) is 9.07. The molecule has 0 bridgehead atoms. The second kappa shape index (κ2) is 5.83. The van der Waals surface area contributed by atoms with Gasteiger partial charge >= 0.3 is 0 Å². The largest absolute Gasteiger partial charge is 0.394 e. The third-order valence-corrected chi connectivity index (χ3v) is 3.59.